The quantitative estimate of drug-likeness (QED) is 0.834. The summed E-state index contributed by atoms with van der Waals surface area (Å²) >= 11 is 3.42. The van der Waals surface area contributed by atoms with Crippen molar-refractivity contribution in [2.75, 3.05) is 19.8 Å². The standard InChI is InChI=1S/C10H13BrN2O/c11-9-4-8(5-12-6-9)10-7-14-3-1-2-13-10/h4-6,10,13H,1-3,7H2. The van der Waals surface area contributed by atoms with E-state index in [4.69, 9.17) is 4.74 Å². The van der Waals surface area contributed by atoms with Gasteiger partial charge in [-0.1, -0.05) is 0 Å². The molecule has 0 aliphatic carbocycles. The first-order chi connectivity index (χ1) is 6.86. The fraction of sp³-hybridized carbons (Fsp3) is 0.500. The molecule has 1 aromatic rings. The molecule has 0 spiro atoms. The van der Waals surface area contributed by atoms with Crippen LogP contribution in [0.25, 0.3) is 0 Å². The molecule has 14 heavy (non-hydrogen) atoms. The van der Waals surface area contributed by atoms with Gasteiger partial charge in [-0.3, -0.25) is 4.98 Å². The number of nitrogens with one attached hydrogen (secondary N) is 1. The van der Waals surface area contributed by atoms with Crippen LogP contribution in [0.3, 0.4) is 0 Å². The Kier molecular flexibility index (Phi) is 3.50. The van der Waals surface area contributed by atoms with E-state index in [1.54, 1.807) is 6.20 Å². The van der Waals surface area contributed by atoms with Gasteiger partial charge in [0.25, 0.3) is 0 Å². The molecule has 0 aromatic carbocycles. The number of hydrogen-bond acceptors (Lipinski definition) is 3. The van der Waals surface area contributed by atoms with E-state index in [1.165, 1.54) is 5.56 Å². The molecule has 0 saturated carbocycles. The van der Waals surface area contributed by atoms with Gasteiger partial charge in [-0.15, -0.1) is 0 Å². The van der Waals surface area contributed by atoms with Gasteiger partial charge in [0, 0.05) is 23.5 Å². The Labute approximate surface area is 92.0 Å². The second-order valence-corrected chi connectivity index (χ2v) is 4.29. The van der Waals surface area contributed by atoms with Crippen LogP contribution in [-0.2, 0) is 4.74 Å². The van der Waals surface area contributed by atoms with Crippen molar-refractivity contribution in [1.29, 1.82) is 0 Å². The Bertz CT molecular complexity index is 298. The molecule has 1 fully saturated rings. The Hall–Kier alpha value is -0.450. The summed E-state index contributed by atoms with van der Waals surface area (Å²) in [6, 6.07) is 2.36. The second-order valence-electron chi connectivity index (χ2n) is 3.37. The largest absolute Gasteiger partial charge is 0.379 e. The molecule has 0 bridgehead atoms. The average molecular weight is 257 g/mol. The first-order valence-electron chi connectivity index (χ1n) is 4.78. The van der Waals surface area contributed by atoms with Crippen LogP contribution in [0.1, 0.15) is 18.0 Å². The van der Waals surface area contributed by atoms with E-state index >= 15 is 0 Å². The van der Waals surface area contributed by atoms with Crippen molar-refractivity contribution in [1.82, 2.24) is 10.3 Å². The summed E-state index contributed by atoms with van der Waals surface area (Å²) in [6.07, 6.45) is 4.76. The summed E-state index contributed by atoms with van der Waals surface area (Å²) < 4.78 is 6.51. The number of hydrogen-bond donors (Lipinski definition) is 1. The molecule has 0 amide bonds. The van der Waals surface area contributed by atoms with Gasteiger partial charge in [-0.05, 0) is 40.5 Å². The molecule has 1 atom stereocenters. The zero-order valence-electron chi connectivity index (χ0n) is 7.87. The average Bonchev–Trinajstić information content (AvgIpc) is 2.45. The maximum atomic E-state index is 5.50. The summed E-state index contributed by atoms with van der Waals surface area (Å²) in [5, 5.41) is 3.44. The van der Waals surface area contributed by atoms with Crippen molar-refractivity contribution >= 4 is 15.9 Å². The number of nitrogens with zero attached hydrogens (tertiary/aromatic N) is 1. The Morgan fingerprint density at radius 3 is 3.29 bits per heavy atom. The minimum atomic E-state index is 0.280. The van der Waals surface area contributed by atoms with Crippen molar-refractivity contribution in [2.45, 2.75) is 12.5 Å². The predicted molar refractivity (Wildman–Crippen MR) is 58.1 cm³/mol. The van der Waals surface area contributed by atoms with Gasteiger partial charge in [0.2, 0.25) is 0 Å². The highest BCUT2D eigenvalue weighted by Gasteiger charge is 2.14. The van der Waals surface area contributed by atoms with Crippen molar-refractivity contribution in [3.63, 3.8) is 0 Å². The van der Waals surface area contributed by atoms with E-state index in [9.17, 15) is 0 Å². The van der Waals surface area contributed by atoms with Crippen LogP contribution in [0.5, 0.6) is 0 Å². The third-order valence-electron chi connectivity index (χ3n) is 2.27. The second kappa shape index (κ2) is 4.87. The summed E-state index contributed by atoms with van der Waals surface area (Å²) in [4.78, 5) is 4.15. The van der Waals surface area contributed by atoms with E-state index in [0.29, 0.717) is 0 Å². The van der Waals surface area contributed by atoms with Crippen molar-refractivity contribution < 1.29 is 4.74 Å². The van der Waals surface area contributed by atoms with Crippen LogP contribution in [0.2, 0.25) is 0 Å². The summed E-state index contributed by atoms with van der Waals surface area (Å²) in [5.41, 5.74) is 1.18. The van der Waals surface area contributed by atoms with E-state index in [2.05, 4.69) is 32.3 Å². The highest BCUT2D eigenvalue weighted by Crippen LogP contribution is 2.18. The zero-order chi connectivity index (χ0) is 9.80. The molecule has 4 heteroatoms. The third kappa shape index (κ3) is 2.53. The lowest BCUT2D eigenvalue weighted by atomic mass is 10.1. The van der Waals surface area contributed by atoms with E-state index in [1.807, 2.05) is 6.20 Å². The summed E-state index contributed by atoms with van der Waals surface area (Å²) in [5.74, 6) is 0. The molecular formula is C10H13BrN2O. The van der Waals surface area contributed by atoms with E-state index in [0.717, 1.165) is 30.7 Å². The fourth-order valence-electron chi connectivity index (χ4n) is 1.54. The molecule has 1 saturated heterocycles. The van der Waals surface area contributed by atoms with Gasteiger partial charge in [0.05, 0.1) is 12.6 Å². The van der Waals surface area contributed by atoms with Crippen LogP contribution >= 0.6 is 15.9 Å². The summed E-state index contributed by atoms with van der Waals surface area (Å²) in [6.45, 7) is 2.60. The van der Waals surface area contributed by atoms with Gasteiger partial charge in [0.1, 0.15) is 0 Å². The first-order valence-corrected chi connectivity index (χ1v) is 5.57. The monoisotopic (exact) mass is 256 g/mol. The molecule has 1 aliphatic rings. The van der Waals surface area contributed by atoms with Crippen LogP contribution in [0.15, 0.2) is 22.9 Å². The topological polar surface area (TPSA) is 34.1 Å². The molecule has 1 N–H and O–H groups in total. The van der Waals surface area contributed by atoms with Crippen LogP contribution in [0.4, 0.5) is 0 Å². The Morgan fingerprint density at radius 1 is 1.50 bits per heavy atom. The smallest absolute Gasteiger partial charge is 0.0662 e. The lowest BCUT2D eigenvalue weighted by molar-refractivity contribution is 0.131. The first kappa shape index (κ1) is 10.1. The van der Waals surface area contributed by atoms with Gasteiger partial charge in [-0.2, -0.15) is 0 Å². The zero-order valence-corrected chi connectivity index (χ0v) is 9.46. The highest BCUT2D eigenvalue weighted by atomic mass is 79.9. The fourth-order valence-corrected chi connectivity index (χ4v) is 1.93. The molecule has 1 aliphatic heterocycles. The van der Waals surface area contributed by atoms with Crippen LogP contribution in [0, 0.1) is 0 Å². The molecule has 2 heterocycles. The minimum Gasteiger partial charge on any atom is -0.379 e. The Morgan fingerprint density at radius 2 is 2.43 bits per heavy atom. The maximum absolute atomic E-state index is 5.50. The Balaban J connectivity index is 2.12. The van der Waals surface area contributed by atoms with Gasteiger partial charge < -0.3 is 10.1 Å². The number of rotatable bonds is 1. The minimum absolute atomic E-state index is 0.280. The molecule has 76 valence electrons. The molecule has 1 aromatic heterocycles. The van der Waals surface area contributed by atoms with Crippen molar-refractivity contribution in [3.8, 4) is 0 Å². The molecular weight excluding hydrogens is 244 g/mol. The van der Waals surface area contributed by atoms with Crippen molar-refractivity contribution in [3.05, 3.63) is 28.5 Å². The molecule has 2 rings (SSSR count). The predicted octanol–water partition coefficient (Wildman–Crippen LogP) is 1.90. The van der Waals surface area contributed by atoms with Gasteiger partial charge in [-0.25, -0.2) is 0 Å². The van der Waals surface area contributed by atoms with Crippen LogP contribution < -0.4 is 5.32 Å². The van der Waals surface area contributed by atoms with Gasteiger partial charge in [0.15, 0.2) is 0 Å². The molecule has 0 radical (unpaired) electrons. The highest BCUT2D eigenvalue weighted by molar-refractivity contribution is 9.10. The van der Waals surface area contributed by atoms with Crippen molar-refractivity contribution in [2.24, 2.45) is 0 Å². The van der Waals surface area contributed by atoms with E-state index < -0.39 is 0 Å². The number of pyridine rings is 1. The number of aromatic nitrogens is 1. The SMILES string of the molecule is Brc1cncc(C2COCCCN2)c1. The van der Waals surface area contributed by atoms with Gasteiger partial charge >= 0.3 is 0 Å². The maximum Gasteiger partial charge on any atom is 0.0662 e. The lowest BCUT2D eigenvalue weighted by Crippen LogP contribution is -2.23. The van der Waals surface area contributed by atoms with Crippen LogP contribution in [-0.4, -0.2) is 24.7 Å². The molecule has 1 unspecified atom stereocenters. The molecule has 3 nitrogen and oxygen atoms in total. The number of halogens is 1. The lowest BCUT2D eigenvalue weighted by Gasteiger charge is -2.15. The van der Waals surface area contributed by atoms with E-state index in [-0.39, 0.29) is 6.04 Å². The summed E-state index contributed by atoms with van der Waals surface area (Å²) in [7, 11) is 0. The number of ether oxygens (including phenoxy) is 1. The normalized spacial score (nSPS) is 23.1. The third-order valence-corrected chi connectivity index (χ3v) is 2.70.